The minimum atomic E-state index is -1.79. The highest BCUT2D eigenvalue weighted by Crippen LogP contribution is 2.42. The number of hydrogen-bond donors (Lipinski definition) is 1. The van der Waals surface area contributed by atoms with Gasteiger partial charge in [0.05, 0.1) is 16.1 Å². The number of rotatable bonds is 9. The van der Waals surface area contributed by atoms with Gasteiger partial charge in [0.25, 0.3) is 0 Å². The molecule has 1 N–H and O–H groups in total. The maximum absolute atomic E-state index is 6.83. The lowest BCUT2D eigenvalue weighted by Crippen LogP contribution is -2.48. The molecule has 0 bridgehead atoms. The third-order valence-corrected chi connectivity index (χ3v) is 11.7. The Morgan fingerprint density at radius 2 is 1.63 bits per heavy atom. The third kappa shape index (κ3) is 5.69. The monoisotopic (exact) mass is 430 g/mol. The molecule has 1 aliphatic carbocycles. The predicted octanol–water partition coefficient (Wildman–Crippen LogP) is 6.87. The van der Waals surface area contributed by atoms with Crippen molar-refractivity contribution >= 4 is 31.5 Å². The van der Waals surface area contributed by atoms with E-state index in [9.17, 15) is 0 Å². The Morgan fingerprint density at radius 1 is 1.11 bits per heavy atom. The fourth-order valence-electron chi connectivity index (χ4n) is 4.00. The van der Waals surface area contributed by atoms with Crippen LogP contribution in [-0.4, -0.2) is 25.9 Å². The molecule has 0 aliphatic heterocycles. The van der Waals surface area contributed by atoms with Gasteiger partial charge in [-0.3, -0.25) is 4.98 Å². The molecule has 1 atom stereocenters. The van der Waals surface area contributed by atoms with Gasteiger partial charge in [0, 0.05) is 30.5 Å². The molecule has 1 saturated carbocycles. The molecule has 0 amide bonds. The minimum Gasteiger partial charge on any atom is -0.409 e. The van der Waals surface area contributed by atoms with Crippen molar-refractivity contribution in [2.24, 2.45) is 11.3 Å². The van der Waals surface area contributed by atoms with E-state index in [0.29, 0.717) is 21.5 Å². The van der Waals surface area contributed by atoms with Gasteiger partial charge < -0.3 is 9.74 Å². The molecule has 1 aliphatic rings. The van der Waals surface area contributed by atoms with Crippen molar-refractivity contribution in [2.75, 3.05) is 6.54 Å². The number of pyridine rings is 1. The van der Waals surface area contributed by atoms with Crippen molar-refractivity contribution in [3.63, 3.8) is 0 Å². The molecular weight excluding hydrogens is 395 g/mol. The Morgan fingerprint density at radius 3 is 2.07 bits per heavy atom. The summed E-state index contributed by atoms with van der Waals surface area (Å²) < 4.78 is 6.83. The van der Waals surface area contributed by atoms with Crippen LogP contribution in [0.3, 0.4) is 0 Å². The van der Waals surface area contributed by atoms with E-state index in [1.54, 1.807) is 12.4 Å². The molecule has 27 heavy (non-hydrogen) atoms. The highest BCUT2D eigenvalue weighted by Gasteiger charge is 2.38. The molecule has 0 spiro atoms. The van der Waals surface area contributed by atoms with Crippen molar-refractivity contribution < 1.29 is 4.43 Å². The first kappa shape index (κ1) is 23.1. The average molecular weight is 432 g/mol. The Kier molecular flexibility index (Phi) is 8.21. The molecule has 1 heterocycles. The lowest BCUT2D eigenvalue weighted by atomic mass is 9.66. The summed E-state index contributed by atoms with van der Waals surface area (Å²) in [5, 5.41) is 4.93. The quantitative estimate of drug-likeness (QED) is 0.434. The molecule has 0 aromatic carbocycles. The smallest absolute Gasteiger partial charge is 0.192 e. The Hall–Kier alpha value is -0.133. The van der Waals surface area contributed by atoms with Gasteiger partial charge in [-0.25, -0.2) is 0 Å². The Labute approximate surface area is 176 Å². The zero-order valence-corrected chi connectivity index (χ0v) is 20.3. The Balaban J connectivity index is 2.14. The van der Waals surface area contributed by atoms with E-state index in [4.69, 9.17) is 27.6 Å². The summed E-state index contributed by atoms with van der Waals surface area (Å²) in [6, 6.07) is 3.87. The first-order valence-electron chi connectivity index (χ1n) is 10.4. The molecule has 1 fully saturated rings. The van der Waals surface area contributed by atoms with Gasteiger partial charge in [-0.05, 0) is 42.3 Å². The number of nitrogens with one attached hydrogen (secondary N) is 1. The summed E-state index contributed by atoms with van der Waals surface area (Å²) in [4.78, 5) is 4.11. The predicted molar refractivity (Wildman–Crippen MR) is 119 cm³/mol. The summed E-state index contributed by atoms with van der Waals surface area (Å²) in [6.07, 6.45) is 5.68. The van der Waals surface area contributed by atoms with Crippen molar-refractivity contribution in [2.45, 2.75) is 84.7 Å². The number of hydrogen-bond acceptors (Lipinski definition) is 3. The highest BCUT2D eigenvalue weighted by atomic mass is 35.5. The lowest BCUT2D eigenvalue weighted by Gasteiger charge is -2.45. The Bertz CT molecular complexity index is 582. The van der Waals surface area contributed by atoms with E-state index in [1.807, 2.05) is 0 Å². The molecule has 1 unspecified atom stereocenters. The van der Waals surface area contributed by atoms with Crippen LogP contribution in [0.1, 0.15) is 66.1 Å². The zero-order valence-electron chi connectivity index (χ0n) is 17.7. The summed E-state index contributed by atoms with van der Waals surface area (Å²) in [6.45, 7) is 14.5. The molecular formula is C21H36Cl2N2OSi. The van der Waals surface area contributed by atoms with E-state index in [-0.39, 0.29) is 6.10 Å². The lowest BCUT2D eigenvalue weighted by molar-refractivity contribution is 0.0874. The minimum absolute atomic E-state index is 0.117. The summed E-state index contributed by atoms with van der Waals surface area (Å²) in [5.41, 5.74) is 1.28. The summed E-state index contributed by atoms with van der Waals surface area (Å²) in [7, 11) is -1.79. The second-order valence-corrected chi connectivity index (χ2v) is 14.5. The molecule has 0 saturated heterocycles. The van der Waals surface area contributed by atoms with Crippen LogP contribution in [0.25, 0.3) is 0 Å². The fourth-order valence-corrected chi connectivity index (χ4v) is 7.41. The van der Waals surface area contributed by atoms with E-state index >= 15 is 0 Å². The number of nitrogens with zero attached hydrogens (tertiary/aromatic N) is 1. The standard InChI is InChI=1S/C21H36Cl2N2OSi/c1-7-27(8-2,9-3)26-19(20-17(22)12-24-13-18(20)23)14-25-16-10-15(11-16)21(4,5)6/h12-13,15-16,19,25H,7-11,14H2,1-6H3/t15-,16-,19?. The largest absolute Gasteiger partial charge is 0.409 e. The van der Waals surface area contributed by atoms with Gasteiger partial charge >= 0.3 is 0 Å². The first-order chi connectivity index (χ1) is 12.7. The van der Waals surface area contributed by atoms with Crippen LogP contribution >= 0.6 is 23.2 Å². The second-order valence-electron chi connectivity index (χ2n) is 9.01. The van der Waals surface area contributed by atoms with Crippen LogP contribution in [0.15, 0.2) is 12.4 Å². The van der Waals surface area contributed by atoms with E-state index in [1.165, 1.54) is 12.8 Å². The molecule has 1 aromatic heterocycles. The van der Waals surface area contributed by atoms with Crippen molar-refractivity contribution in [3.8, 4) is 0 Å². The topological polar surface area (TPSA) is 34.1 Å². The number of aromatic nitrogens is 1. The summed E-state index contributed by atoms with van der Waals surface area (Å²) in [5.74, 6) is 0.790. The second kappa shape index (κ2) is 9.58. The van der Waals surface area contributed by atoms with E-state index in [0.717, 1.165) is 36.2 Å². The van der Waals surface area contributed by atoms with Gasteiger partial charge in [0.1, 0.15) is 0 Å². The van der Waals surface area contributed by atoms with Crippen molar-refractivity contribution in [1.29, 1.82) is 0 Å². The SMILES string of the molecule is CC[Si](CC)(CC)OC(CN[C@H]1C[C@H](C(C)(C)C)C1)c1c(Cl)cncc1Cl. The van der Waals surface area contributed by atoms with Crippen LogP contribution in [0.2, 0.25) is 28.2 Å². The molecule has 1 aromatic rings. The summed E-state index contributed by atoms with van der Waals surface area (Å²) >= 11 is 13.0. The fraction of sp³-hybridized carbons (Fsp3) is 0.762. The molecule has 0 radical (unpaired) electrons. The third-order valence-electron chi connectivity index (χ3n) is 6.49. The molecule has 2 rings (SSSR count). The van der Waals surface area contributed by atoms with Crippen LogP contribution in [0.4, 0.5) is 0 Å². The van der Waals surface area contributed by atoms with Crippen molar-refractivity contribution in [1.82, 2.24) is 10.3 Å². The maximum Gasteiger partial charge on any atom is 0.192 e. The normalized spacial score (nSPS) is 21.8. The van der Waals surface area contributed by atoms with Crippen LogP contribution < -0.4 is 5.32 Å². The van der Waals surface area contributed by atoms with Gasteiger partial charge in [-0.15, -0.1) is 0 Å². The van der Waals surface area contributed by atoms with Gasteiger partial charge in [-0.1, -0.05) is 64.7 Å². The van der Waals surface area contributed by atoms with Gasteiger partial charge in [-0.2, -0.15) is 0 Å². The van der Waals surface area contributed by atoms with E-state index in [2.05, 4.69) is 51.8 Å². The molecule has 3 nitrogen and oxygen atoms in total. The maximum atomic E-state index is 6.83. The number of halogens is 2. The highest BCUT2D eigenvalue weighted by molar-refractivity contribution is 6.73. The van der Waals surface area contributed by atoms with Crippen LogP contribution in [0.5, 0.6) is 0 Å². The van der Waals surface area contributed by atoms with Crippen molar-refractivity contribution in [3.05, 3.63) is 28.0 Å². The van der Waals surface area contributed by atoms with Crippen LogP contribution in [-0.2, 0) is 4.43 Å². The van der Waals surface area contributed by atoms with Gasteiger partial charge in [0.2, 0.25) is 0 Å². The average Bonchev–Trinajstić information content (AvgIpc) is 2.56. The molecule has 154 valence electrons. The van der Waals surface area contributed by atoms with Gasteiger partial charge in [0.15, 0.2) is 8.32 Å². The van der Waals surface area contributed by atoms with E-state index < -0.39 is 8.32 Å². The van der Waals surface area contributed by atoms with Crippen LogP contribution in [0, 0.1) is 11.3 Å². The molecule has 6 heteroatoms. The zero-order chi connectivity index (χ0) is 20.2. The first-order valence-corrected chi connectivity index (χ1v) is 13.6.